The van der Waals surface area contributed by atoms with Gasteiger partial charge in [-0.15, -0.1) is 0 Å². The number of carbonyl (C=O) groups is 1. The van der Waals surface area contributed by atoms with Crippen LogP contribution in [0.5, 0.6) is 0 Å². The van der Waals surface area contributed by atoms with Gasteiger partial charge in [0.25, 0.3) is 0 Å². The van der Waals surface area contributed by atoms with Crippen LogP contribution in [0.3, 0.4) is 0 Å². The molecule has 0 saturated carbocycles. The molecule has 0 spiro atoms. The van der Waals surface area contributed by atoms with Crippen molar-refractivity contribution in [3.63, 3.8) is 0 Å². The van der Waals surface area contributed by atoms with Crippen molar-refractivity contribution in [2.45, 2.75) is 81.6 Å². The largest absolute Gasteiger partial charge is 0.394 e. The van der Waals surface area contributed by atoms with Crippen LogP contribution < -0.4 is 5.32 Å². The first-order chi connectivity index (χ1) is 13.6. The summed E-state index contributed by atoms with van der Waals surface area (Å²) in [6, 6.07) is -1.29. The number of aliphatic hydroxyl groups is 7. The second kappa shape index (κ2) is 10.4. The molecule has 0 aromatic carbocycles. The van der Waals surface area contributed by atoms with Crippen LogP contribution in [0.2, 0.25) is 0 Å². The van der Waals surface area contributed by atoms with Crippen molar-refractivity contribution in [2.24, 2.45) is 5.92 Å². The van der Waals surface area contributed by atoms with Crippen LogP contribution in [0, 0.1) is 5.92 Å². The van der Waals surface area contributed by atoms with Crippen molar-refractivity contribution in [1.29, 1.82) is 0 Å². The summed E-state index contributed by atoms with van der Waals surface area (Å²) in [7, 11) is 0. The minimum atomic E-state index is -1.74. The fourth-order valence-electron chi connectivity index (χ4n) is 3.36. The highest BCUT2D eigenvalue weighted by Crippen LogP contribution is 2.28. The van der Waals surface area contributed by atoms with Gasteiger partial charge >= 0.3 is 0 Å². The van der Waals surface area contributed by atoms with Crippen LogP contribution in [0.1, 0.15) is 20.3 Å². The minimum Gasteiger partial charge on any atom is -0.394 e. The predicted molar refractivity (Wildman–Crippen MR) is 94.0 cm³/mol. The van der Waals surface area contributed by atoms with Gasteiger partial charge < -0.3 is 55.3 Å². The van der Waals surface area contributed by atoms with E-state index in [1.807, 2.05) is 13.8 Å². The molecule has 12 nitrogen and oxygen atoms in total. The smallest absolute Gasteiger partial charge is 0.220 e. The molecule has 2 heterocycles. The van der Waals surface area contributed by atoms with E-state index in [0.717, 1.165) is 0 Å². The summed E-state index contributed by atoms with van der Waals surface area (Å²) in [4.78, 5) is 12.0. The fraction of sp³-hybridized carbons (Fsp3) is 0.941. The monoisotopic (exact) mass is 425 g/mol. The molecule has 1 amide bonds. The van der Waals surface area contributed by atoms with Gasteiger partial charge in [0.2, 0.25) is 5.91 Å². The molecule has 2 aliphatic rings. The Morgan fingerprint density at radius 1 is 0.931 bits per heavy atom. The number of nitrogens with one attached hydrogen (secondary N) is 1. The third-order valence-electron chi connectivity index (χ3n) is 4.93. The van der Waals surface area contributed by atoms with E-state index in [-0.39, 0.29) is 12.3 Å². The maximum Gasteiger partial charge on any atom is 0.220 e. The molecule has 170 valence electrons. The lowest BCUT2D eigenvalue weighted by Gasteiger charge is -2.46. The van der Waals surface area contributed by atoms with E-state index >= 15 is 0 Å². The average Bonchev–Trinajstić information content (AvgIpc) is 2.66. The lowest BCUT2D eigenvalue weighted by atomic mass is 9.95. The Morgan fingerprint density at radius 3 is 2.10 bits per heavy atom. The van der Waals surface area contributed by atoms with Crippen molar-refractivity contribution < 1.29 is 54.8 Å². The van der Waals surface area contributed by atoms with E-state index in [2.05, 4.69) is 5.32 Å². The summed E-state index contributed by atoms with van der Waals surface area (Å²) in [6.45, 7) is 2.28. The quantitative estimate of drug-likeness (QED) is 0.197. The first-order valence-corrected chi connectivity index (χ1v) is 9.48. The maximum absolute atomic E-state index is 12.0. The van der Waals surface area contributed by atoms with Gasteiger partial charge in [-0.1, -0.05) is 13.8 Å². The molecule has 2 saturated heterocycles. The number of amides is 1. The highest BCUT2D eigenvalue weighted by molar-refractivity contribution is 5.76. The molecule has 10 atom stereocenters. The highest BCUT2D eigenvalue weighted by Gasteiger charge is 2.50. The van der Waals surface area contributed by atoms with Crippen molar-refractivity contribution in [1.82, 2.24) is 5.32 Å². The zero-order chi connectivity index (χ0) is 21.9. The molecular weight excluding hydrogens is 394 g/mol. The van der Waals surface area contributed by atoms with Gasteiger partial charge in [0.1, 0.15) is 48.8 Å². The molecule has 0 bridgehead atoms. The highest BCUT2D eigenvalue weighted by atomic mass is 16.7. The number of ether oxygens (including phenoxy) is 3. The van der Waals surface area contributed by atoms with E-state index in [0.29, 0.717) is 0 Å². The molecule has 1 unspecified atom stereocenters. The van der Waals surface area contributed by atoms with Crippen LogP contribution in [-0.2, 0) is 19.0 Å². The van der Waals surface area contributed by atoms with Crippen LogP contribution in [0.4, 0.5) is 0 Å². The second-order valence-corrected chi connectivity index (χ2v) is 7.73. The third-order valence-corrected chi connectivity index (χ3v) is 4.93. The molecule has 0 radical (unpaired) electrons. The Labute approximate surface area is 167 Å². The number of hydrogen-bond acceptors (Lipinski definition) is 11. The number of aliphatic hydroxyl groups excluding tert-OH is 7. The summed E-state index contributed by atoms with van der Waals surface area (Å²) in [6.07, 6.45) is -13.6. The molecule has 2 rings (SSSR count). The molecule has 0 aliphatic carbocycles. The zero-order valence-electron chi connectivity index (χ0n) is 16.2. The molecule has 0 aromatic heterocycles. The maximum atomic E-state index is 12.0. The van der Waals surface area contributed by atoms with Gasteiger partial charge in [-0.2, -0.15) is 0 Å². The summed E-state index contributed by atoms with van der Waals surface area (Å²) in [5.74, 6) is -0.416. The van der Waals surface area contributed by atoms with Gasteiger partial charge in [-0.05, 0) is 5.92 Å². The Bertz CT molecular complexity index is 534. The first-order valence-electron chi connectivity index (χ1n) is 9.48. The number of carbonyl (C=O) groups excluding carboxylic acids is 1. The standard InChI is InChI=1S/C17H31NO11/c1-6(2)3-9(21)18-10-12(23)15(8(5-20)27-16(10)26)29-17-14(25)13(24)11(22)7(4-19)28-17/h6-8,10-17,19-20,22-26H,3-5H2,1-2H3,(H,18,21)/t7-,8-,10-,11+,12-,13+,14-,15-,16?,17+/m1/s1. The lowest BCUT2D eigenvalue weighted by molar-refractivity contribution is -0.345. The molecule has 2 fully saturated rings. The lowest BCUT2D eigenvalue weighted by Crippen LogP contribution is -2.67. The summed E-state index contributed by atoms with van der Waals surface area (Å²) in [5.41, 5.74) is 0. The van der Waals surface area contributed by atoms with Crippen molar-refractivity contribution in [3.05, 3.63) is 0 Å². The molecule has 12 heteroatoms. The Hall–Kier alpha value is -0.930. The van der Waals surface area contributed by atoms with Crippen molar-refractivity contribution >= 4 is 5.91 Å². The Balaban J connectivity index is 2.14. The number of rotatable bonds is 7. The molecule has 29 heavy (non-hydrogen) atoms. The van der Waals surface area contributed by atoms with E-state index in [9.17, 15) is 40.5 Å². The Kier molecular flexibility index (Phi) is 8.72. The van der Waals surface area contributed by atoms with E-state index in [4.69, 9.17) is 14.2 Å². The van der Waals surface area contributed by atoms with Gasteiger partial charge in [0.05, 0.1) is 13.2 Å². The van der Waals surface area contributed by atoms with Crippen molar-refractivity contribution in [3.8, 4) is 0 Å². The molecular formula is C17H31NO11. The average molecular weight is 425 g/mol. The van der Waals surface area contributed by atoms with Crippen LogP contribution >= 0.6 is 0 Å². The molecule has 0 aromatic rings. The third kappa shape index (κ3) is 5.61. The molecule has 8 N–H and O–H groups in total. The van der Waals surface area contributed by atoms with Gasteiger partial charge in [-0.25, -0.2) is 0 Å². The summed E-state index contributed by atoms with van der Waals surface area (Å²) >= 11 is 0. The second-order valence-electron chi connectivity index (χ2n) is 7.73. The van der Waals surface area contributed by atoms with E-state index in [1.165, 1.54) is 0 Å². The van der Waals surface area contributed by atoms with E-state index < -0.39 is 80.5 Å². The Morgan fingerprint density at radius 2 is 1.55 bits per heavy atom. The normalized spacial score (nSPS) is 43.4. The van der Waals surface area contributed by atoms with Crippen LogP contribution in [0.15, 0.2) is 0 Å². The summed E-state index contributed by atoms with van der Waals surface area (Å²) in [5, 5.41) is 71.8. The van der Waals surface area contributed by atoms with Crippen molar-refractivity contribution in [2.75, 3.05) is 13.2 Å². The van der Waals surface area contributed by atoms with Gasteiger partial charge in [-0.3, -0.25) is 4.79 Å². The molecule has 2 aliphatic heterocycles. The zero-order valence-corrected chi connectivity index (χ0v) is 16.2. The van der Waals surface area contributed by atoms with Crippen LogP contribution in [0.25, 0.3) is 0 Å². The minimum absolute atomic E-state index is 0.0279. The topological polar surface area (TPSA) is 198 Å². The fourth-order valence-corrected chi connectivity index (χ4v) is 3.36. The SMILES string of the molecule is CC(C)CC(=O)N[C@H]1C(O)O[C@H](CO)[C@@H](O[C@@H]2O[C@H](CO)[C@H](O)[C@H](O)[C@H]2O)[C@@H]1O. The predicted octanol–water partition coefficient (Wildman–Crippen LogP) is -4.23. The van der Waals surface area contributed by atoms with Gasteiger partial charge in [0, 0.05) is 6.42 Å². The van der Waals surface area contributed by atoms with Crippen LogP contribution in [-0.4, -0.2) is 116 Å². The van der Waals surface area contributed by atoms with Gasteiger partial charge in [0.15, 0.2) is 12.6 Å². The first kappa shape index (κ1) is 24.3. The van der Waals surface area contributed by atoms with E-state index in [1.54, 1.807) is 0 Å². The number of hydrogen-bond donors (Lipinski definition) is 8. The summed E-state index contributed by atoms with van der Waals surface area (Å²) < 4.78 is 16.0.